The number of aliphatic hydroxyl groups is 1. The molecule has 2 N–H and O–H groups in total. The summed E-state index contributed by atoms with van der Waals surface area (Å²) in [6.07, 6.45) is 2.59. The molecule has 0 bridgehead atoms. The first kappa shape index (κ1) is 15.5. The molecule has 1 heterocycles. The molecule has 0 spiro atoms. The molecule has 2 aromatic rings. The molecule has 6 nitrogen and oxygen atoms in total. The van der Waals surface area contributed by atoms with Gasteiger partial charge in [-0.3, -0.25) is 4.68 Å². The van der Waals surface area contributed by atoms with E-state index in [2.05, 4.69) is 28.6 Å². The maximum atomic E-state index is 8.80. The molecule has 0 radical (unpaired) electrons. The van der Waals surface area contributed by atoms with Gasteiger partial charge in [0.2, 0.25) is 0 Å². The van der Waals surface area contributed by atoms with Crippen LogP contribution in [0.5, 0.6) is 5.75 Å². The molecule has 6 heteroatoms. The van der Waals surface area contributed by atoms with E-state index in [9.17, 15) is 0 Å². The van der Waals surface area contributed by atoms with E-state index in [0.29, 0.717) is 19.5 Å². The van der Waals surface area contributed by atoms with E-state index in [-0.39, 0.29) is 12.6 Å². The third-order valence-corrected chi connectivity index (χ3v) is 3.33. The summed E-state index contributed by atoms with van der Waals surface area (Å²) >= 11 is 0. The summed E-state index contributed by atoms with van der Waals surface area (Å²) in [5.41, 5.74) is 2.00. The molecule has 114 valence electrons. The highest BCUT2D eigenvalue weighted by Crippen LogP contribution is 2.24. The molecule has 1 atom stereocenters. The minimum Gasteiger partial charge on any atom is -0.496 e. The summed E-state index contributed by atoms with van der Waals surface area (Å²) < 4.78 is 7.12. The van der Waals surface area contributed by atoms with Crippen LogP contribution in [0.2, 0.25) is 0 Å². The Morgan fingerprint density at radius 3 is 2.95 bits per heavy atom. The van der Waals surface area contributed by atoms with Crippen LogP contribution in [0.25, 0.3) is 0 Å². The maximum absolute atomic E-state index is 8.80. The summed E-state index contributed by atoms with van der Waals surface area (Å²) in [5.74, 6) is 0.879. The molecule has 0 aliphatic carbocycles. The second-order valence-corrected chi connectivity index (χ2v) is 4.89. The highest BCUT2D eigenvalue weighted by atomic mass is 16.5. The van der Waals surface area contributed by atoms with Gasteiger partial charge in [-0.1, -0.05) is 23.4 Å². The zero-order valence-corrected chi connectivity index (χ0v) is 12.5. The topological polar surface area (TPSA) is 72.2 Å². The molecule has 0 aliphatic rings. The van der Waals surface area contributed by atoms with Crippen molar-refractivity contribution < 1.29 is 9.84 Å². The number of methoxy groups -OCH3 is 1. The van der Waals surface area contributed by atoms with Gasteiger partial charge in [0.25, 0.3) is 0 Å². The van der Waals surface area contributed by atoms with Crippen LogP contribution in [-0.2, 0) is 13.1 Å². The molecule has 0 saturated heterocycles. The summed E-state index contributed by atoms with van der Waals surface area (Å²) in [7, 11) is 1.68. The van der Waals surface area contributed by atoms with Gasteiger partial charge in [0.05, 0.1) is 12.8 Å². The van der Waals surface area contributed by atoms with Crippen molar-refractivity contribution in [3.63, 3.8) is 0 Å². The smallest absolute Gasteiger partial charge is 0.123 e. The number of hydrogen-bond donors (Lipinski definition) is 2. The van der Waals surface area contributed by atoms with Gasteiger partial charge in [0, 0.05) is 37.5 Å². The highest BCUT2D eigenvalue weighted by molar-refractivity contribution is 5.35. The summed E-state index contributed by atoms with van der Waals surface area (Å²) in [5, 5.41) is 20.4. The molecule has 0 fully saturated rings. The average molecular weight is 290 g/mol. The Morgan fingerprint density at radius 1 is 1.38 bits per heavy atom. The minimum atomic E-state index is 0.156. The fourth-order valence-electron chi connectivity index (χ4n) is 2.15. The van der Waals surface area contributed by atoms with Gasteiger partial charge < -0.3 is 15.2 Å². The Balaban J connectivity index is 1.91. The monoisotopic (exact) mass is 290 g/mol. The molecule has 0 aliphatic heterocycles. The summed E-state index contributed by atoms with van der Waals surface area (Å²) in [6, 6.07) is 8.12. The van der Waals surface area contributed by atoms with Crippen LogP contribution in [0, 0.1) is 0 Å². The number of aryl methyl sites for hydroxylation is 1. The van der Waals surface area contributed by atoms with Crippen molar-refractivity contribution >= 4 is 0 Å². The molecule has 0 saturated carbocycles. The highest BCUT2D eigenvalue weighted by Gasteiger charge is 2.11. The first-order valence-corrected chi connectivity index (χ1v) is 7.10. The van der Waals surface area contributed by atoms with Crippen LogP contribution in [0.4, 0.5) is 0 Å². The first-order chi connectivity index (χ1) is 10.2. The molecule has 1 aromatic heterocycles. The lowest BCUT2D eigenvalue weighted by molar-refractivity contribution is 0.276. The lowest BCUT2D eigenvalue weighted by Crippen LogP contribution is -2.19. The Morgan fingerprint density at radius 2 is 2.19 bits per heavy atom. The Hall–Kier alpha value is -1.92. The number of benzene rings is 1. The van der Waals surface area contributed by atoms with Crippen molar-refractivity contribution in [1.82, 2.24) is 20.3 Å². The molecule has 21 heavy (non-hydrogen) atoms. The van der Waals surface area contributed by atoms with Crippen LogP contribution in [-0.4, -0.2) is 33.8 Å². The van der Waals surface area contributed by atoms with Gasteiger partial charge in [-0.25, -0.2) is 0 Å². The minimum absolute atomic E-state index is 0.156. The van der Waals surface area contributed by atoms with Crippen molar-refractivity contribution in [1.29, 1.82) is 0 Å². The van der Waals surface area contributed by atoms with E-state index in [0.717, 1.165) is 17.0 Å². The van der Waals surface area contributed by atoms with Crippen LogP contribution >= 0.6 is 0 Å². The normalized spacial score (nSPS) is 12.3. The van der Waals surface area contributed by atoms with E-state index in [1.807, 2.05) is 24.4 Å². The number of nitrogens with zero attached hydrogens (tertiary/aromatic N) is 3. The molecule has 1 unspecified atom stereocenters. The zero-order valence-electron chi connectivity index (χ0n) is 12.5. The van der Waals surface area contributed by atoms with Crippen LogP contribution in [0.1, 0.15) is 30.6 Å². The van der Waals surface area contributed by atoms with Crippen molar-refractivity contribution in [2.45, 2.75) is 32.5 Å². The standard InChI is InChI=1S/C15H22N4O2/c1-12(14-6-3-4-7-15(14)21-2)16-10-13-11-19(18-17-13)8-5-9-20/h3-4,6-7,11-12,16,20H,5,8-10H2,1-2H3. The van der Waals surface area contributed by atoms with Gasteiger partial charge in [0.15, 0.2) is 0 Å². The number of aliphatic hydroxyl groups excluding tert-OH is 1. The van der Waals surface area contributed by atoms with Crippen molar-refractivity contribution in [2.24, 2.45) is 0 Å². The largest absolute Gasteiger partial charge is 0.496 e. The van der Waals surface area contributed by atoms with E-state index in [4.69, 9.17) is 9.84 Å². The third kappa shape index (κ3) is 4.27. The predicted molar refractivity (Wildman–Crippen MR) is 80.0 cm³/mol. The Labute approximate surface area is 124 Å². The van der Waals surface area contributed by atoms with Crippen molar-refractivity contribution in [3.8, 4) is 5.75 Å². The second-order valence-electron chi connectivity index (χ2n) is 4.89. The Kier molecular flexibility index (Phi) is 5.71. The SMILES string of the molecule is COc1ccccc1C(C)NCc1cn(CCCO)nn1. The lowest BCUT2D eigenvalue weighted by atomic mass is 10.1. The zero-order chi connectivity index (χ0) is 15.1. The number of rotatable bonds is 8. The summed E-state index contributed by atoms with van der Waals surface area (Å²) in [6.45, 7) is 3.58. The van der Waals surface area contributed by atoms with Gasteiger partial charge in [0.1, 0.15) is 5.75 Å². The van der Waals surface area contributed by atoms with Gasteiger partial charge in [-0.15, -0.1) is 5.10 Å². The predicted octanol–water partition coefficient (Wildman–Crippen LogP) is 1.52. The fraction of sp³-hybridized carbons (Fsp3) is 0.467. The summed E-state index contributed by atoms with van der Waals surface area (Å²) in [4.78, 5) is 0. The molecule has 0 amide bonds. The second kappa shape index (κ2) is 7.75. The molecular formula is C15H22N4O2. The maximum Gasteiger partial charge on any atom is 0.123 e. The lowest BCUT2D eigenvalue weighted by Gasteiger charge is -2.16. The third-order valence-electron chi connectivity index (χ3n) is 3.33. The van der Waals surface area contributed by atoms with Gasteiger partial charge in [-0.05, 0) is 19.4 Å². The fourth-order valence-corrected chi connectivity index (χ4v) is 2.15. The molecular weight excluding hydrogens is 268 g/mol. The first-order valence-electron chi connectivity index (χ1n) is 7.10. The van der Waals surface area contributed by atoms with E-state index in [1.165, 1.54) is 0 Å². The molecule has 1 aromatic carbocycles. The van der Waals surface area contributed by atoms with E-state index >= 15 is 0 Å². The van der Waals surface area contributed by atoms with E-state index in [1.54, 1.807) is 11.8 Å². The van der Waals surface area contributed by atoms with Gasteiger partial charge >= 0.3 is 0 Å². The van der Waals surface area contributed by atoms with Crippen LogP contribution < -0.4 is 10.1 Å². The number of ether oxygens (including phenoxy) is 1. The van der Waals surface area contributed by atoms with Crippen molar-refractivity contribution in [2.75, 3.05) is 13.7 Å². The Bertz CT molecular complexity index is 556. The molecule has 2 rings (SSSR count). The van der Waals surface area contributed by atoms with Crippen LogP contribution in [0.15, 0.2) is 30.5 Å². The van der Waals surface area contributed by atoms with Crippen LogP contribution in [0.3, 0.4) is 0 Å². The van der Waals surface area contributed by atoms with Crippen molar-refractivity contribution in [3.05, 3.63) is 41.7 Å². The average Bonchev–Trinajstić information content (AvgIpc) is 2.98. The van der Waals surface area contributed by atoms with E-state index < -0.39 is 0 Å². The number of hydrogen-bond acceptors (Lipinski definition) is 5. The number of nitrogens with one attached hydrogen (secondary N) is 1. The quantitative estimate of drug-likeness (QED) is 0.771. The number of aromatic nitrogens is 3. The van der Waals surface area contributed by atoms with Gasteiger partial charge in [-0.2, -0.15) is 0 Å². The number of para-hydroxylation sites is 1.